The molecule has 5 aromatic rings. The number of carbonyl (C=O) groups is 2. The van der Waals surface area contributed by atoms with Gasteiger partial charge in [-0.3, -0.25) is 9.59 Å². The van der Waals surface area contributed by atoms with Gasteiger partial charge in [0, 0.05) is 41.4 Å². The summed E-state index contributed by atoms with van der Waals surface area (Å²) in [5.41, 5.74) is 11.4. The lowest BCUT2D eigenvalue weighted by Crippen LogP contribution is -2.36. The van der Waals surface area contributed by atoms with E-state index in [4.69, 9.17) is 20.9 Å². The second-order valence-corrected chi connectivity index (χ2v) is 15.5. The lowest BCUT2D eigenvalue weighted by molar-refractivity contribution is -0.140. The molecule has 5 aromatic heterocycles. The molecule has 0 amide bonds. The molecule has 0 aliphatic carbocycles. The predicted octanol–water partition coefficient (Wildman–Crippen LogP) is 6.85. The van der Waals surface area contributed by atoms with Crippen LogP contribution in [-0.2, 0) is 9.59 Å². The van der Waals surface area contributed by atoms with Crippen LogP contribution in [0, 0.1) is 2.88 Å². The normalized spacial score (nSPS) is 12.8. The molecule has 0 unspecified atom stereocenters. The SMILES string of the molecule is N[C@H](COc1cc(-c2cccs2)sc1-c1ccc(-c2sc(-c3ccc(I)s3)cc2OC[C@H](N)C(=O)O)s1)C(=O)O. The first kappa shape index (κ1) is 29.2. The van der Waals surface area contributed by atoms with Gasteiger partial charge in [-0.2, -0.15) is 0 Å². The first-order valence-electron chi connectivity index (χ1n) is 11.6. The highest BCUT2D eigenvalue weighted by Gasteiger charge is 2.22. The van der Waals surface area contributed by atoms with Gasteiger partial charge in [0.05, 0.1) is 12.6 Å². The quantitative estimate of drug-likeness (QED) is 0.102. The molecule has 0 aliphatic heterocycles. The Hall–Kier alpha value is -2.31. The number of carboxylic acid groups (broad SMARTS) is 2. The van der Waals surface area contributed by atoms with E-state index in [0.717, 1.165) is 41.9 Å². The predicted molar refractivity (Wildman–Crippen MR) is 173 cm³/mol. The van der Waals surface area contributed by atoms with E-state index in [1.807, 2.05) is 47.8 Å². The second-order valence-electron chi connectivity index (χ2n) is 8.36. The number of carboxylic acids is 2. The Bertz CT molecular complexity index is 1640. The van der Waals surface area contributed by atoms with Gasteiger partial charge >= 0.3 is 11.9 Å². The summed E-state index contributed by atoms with van der Waals surface area (Å²) in [5.74, 6) is -1.11. The number of nitrogens with two attached hydrogens (primary N) is 2. The third kappa shape index (κ3) is 6.60. The van der Waals surface area contributed by atoms with E-state index in [1.54, 1.807) is 56.7 Å². The minimum Gasteiger partial charge on any atom is -0.490 e. The lowest BCUT2D eigenvalue weighted by atomic mass is 10.3. The van der Waals surface area contributed by atoms with Crippen LogP contribution in [0.15, 0.2) is 53.9 Å². The van der Waals surface area contributed by atoms with Crippen molar-refractivity contribution < 1.29 is 29.3 Å². The fraction of sp³-hybridized carbons (Fsp3) is 0.154. The summed E-state index contributed by atoms with van der Waals surface area (Å²) in [7, 11) is 0. The number of halogens is 1. The number of ether oxygens (including phenoxy) is 2. The molecule has 40 heavy (non-hydrogen) atoms. The number of hydrogen-bond donors (Lipinski definition) is 4. The highest BCUT2D eigenvalue weighted by atomic mass is 127. The van der Waals surface area contributed by atoms with Gasteiger partial charge in [0.25, 0.3) is 0 Å². The van der Waals surface area contributed by atoms with Crippen LogP contribution in [0.4, 0.5) is 0 Å². The van der Waals surface area contributed by atoms with Crippen molar-refractivity contribution in [3.8, 4) is 50.5 Å². The van der Waals surface area contributed by atoms with Crippen molar-refractivity contribution in [3.05, 3.63) is 56.8 Å². The first-order chi connectivity index (χ1) is 19.2. The smallest absolute Gasteiger partial charge is 0.324 e. The number of rotatable bonds is 12. The van der Waals surface area contributed by atoms with Crippen molar-refractivity contribution >= 4 is 91.2 Å². The maximum Gasteiger partial charge on any atom is 0.324 e. The summed E-state index contributed by atoms with van der Waals surface area (Å²) in [6.45, 7) is -0.313. The molecule has 5 heterocycles. The number of hydrogen-bond acceptors (Lipinski definition) is 11. The molecule has 0 fully saturated rings. The van der Waals surface area contributed by atoms with E-state index < -0.39 is 24.0 Å². The van der Waals surface area contributed by atoms with Gasteiger partial charge in [0.15, 0.2) is 0 Å². The summed E-state index contributed by atoms with van der Waals surface area (Å²) < 4.78 is 13.0. The molecule has 2 atom stereocenters. The molecular formula is C26H21IN2O6S5. The van der Waals surface area contributed by atoms with E-state index in [2.05, 4.69) is 28.7 Å². The van der Waals surface area contributed by atoms with E-state index in [1.165, 1.54) is 0 Å². The van der Waals surface area contributed by atoms with E-state index in [-0.39, 0.29) is 13.2 Å². The van der Waals surface area contributed by atoms with Gasteiger partial charge in [-0.25, -0.2) is 0 Å². The summed E-state index contributed by atoms with van der Waals surface area (Å²) in [6.07, 6.45) is 0. The average Bonchev–Trinajstić information content (AvgIpc) is 3.75. The Balaban J connectivity index is 1.50. The van der Waals surface area contributed by atoms with Crippen LogP contribution in [-0.4, -0.2) is 47.4 Å². The fourth-order valence-corrected chi connectivity index (χ4v) is 9.47. The molecule has 0 aromatic carbocycles. The lowest BCUT2D eigenvalue weighted by Gasteiger charge is -2.09. The number of thiophene rings is 5. The number of aliphatic carboxylic acids is 2. The molecule has 0 saturated heterocycles. The highest BCUT2D eigenvalue weighted by Crippen LogP contribution is 2.51. The van der Waals surface area contributed by atoms with Gasteiger partial charge in [-0.05, 0) is 58.3 Å². The van der Waals surface area contributed by atoms with Crippen LogP contribution in [0.1, 0.15) is 0 Å². The molecule has 6 N–H and O–H groups in total. The molecule has 208 valence electrons. The molecular weight excluding hydrogens is 724 g/mol. The van der Waals surface area contributed by atoms with Crippen molar-refractivity contribution in [2.45, 2.75) is 12.1 Å². The van der Waals surface area contributed by atoms with Gasteiger partial charge in [-0.15, -0.1) is 56.7 Å². The standard InChI is InChI=1S/C26H21IN2O6S5/c27-22-6-5-17(38-22)21-9-15(35-11-13(29)26(32)33)24(40-21)19-4-3-18(37-19)23-14(34-10-12(28)25(30)31)8-20(39-23)16-2-1-7-36-16/h1-9,12-13H,10-11,28-29H2,(H,30,31)(H,32,33)/t12-,13+/m1/s1. The Morgan fingerprint density at radius 2 is 1.25 bits per heavy atom. The Kier molecular flexibility index (Phi) is 9.26. The highest BCUT2D eigenvalue weighted by molar-refractivity contribution is 14.1. The topological polar surface area (TPSA) is 145 Å². The van der Waals surface area contributed by atoms with Crippen molar-refractivity contribution in [3.63, 3.8) is 0 Å². The van der Waals surface area contributed by atoms with Crippen LogP contribution in [0.25, 0.3) is 39.0 Å². The third-order valence-corrected chi connectivity index (χ3v) is 12.3. The summed E-state index contributed by atoms with van der Waals surface area (Å²) in [4.78, 5) is 30.3. The zero-order chi connectivity index (χ0) is 28.4. The van der Waals surface area contributed by atoms with Crippen LogP contribution >= 0.6 is 79.3 Å². The van der Waals surface area contributed by atoms with Crippen LogP contribution in [0.2, 0.25) is 0 Å². The third-order valence-electron chi connectivity index (χ3n) is 5.50. The average molecular weight is 745 g/mol. The minimum atomic E-state index is -1.14. The van der Waals surface area contributed by atoms with E-state index in [9.17, 15) is 19.8 Å². The molecule has 5 rings (SSSR count). The Morgan fingerprint density at radius 3 is 1.70 bits per heavy atom. The van der Waals surface area contributed by atoms with Gasteiger partial charge in [0.1, 0.15) is 36.8 Å². The van der Waals surface area contributed by atoms with Crippen LogP contribution in [0.3, 0.4) is 0 Å². The largest absolute Gasteiger partial charge is 0.490 e. The van der Waals surface area contributed by atoms with Crippen LogP contribution in [0.5, 0.6) is 11.5 Å². The Morgan fingerprint density at radius 1 is 0.725 bits per heavy atom. The molecule has 0 aliphatic rings. The monoisotopic (exact) mass is 744 g/mol. The summed E-state index contributed by atoms with van der Waals surface area (Å²) >= 11 is 10.2. The van der Waals surface area contributed by atoms with Crippen molar-refractivity contribution in [2.75, 3.05) is 13.2 Å². The molecule has 0 bridgehead atoms. The second kappa shape index (κ2) is 12.7. The summed E-state index contributed by atoms with van der Waals surface area (Å²) in [5, 5.41) is 20.4. The van der Waals surface area contributed by atoms with Gasteiger partial charge in [-0.1, -0.05) is 6.07 Å². The van der Waals surface area contributed by atoms with Gasteiger partial charge in [0.2, 0.25) is 0 Å². The van der Waals surface area contributed by atoms with Crippen molar-refractivity contribution in [2.24, 2.45) is 11.5 Å². The minimum absolute atomic E-state index is 0.156. The van der Waals surface area contributed by atoms with Crippen molar-refractivity contribution in [1.29, 1.82) is 0 Å². The maximum absolute atomic E-state index is 11.3. The van der Waals surface area contributed by atoms with E-state index >= 15 is 0 Å². The summed E-state index contributed by atoms with van der Waals surface area (Å²) in [6, 6.07) is 13.7. The van der Waals surface area contributed by atoms with Gasteiger partial charge < -0.3 is 31.2 Å². The fourth-order valence-electron chi connectivity index (χ4n) is 3.50. The molecule has 14 heteroatoms. The first-order valence-corrected chi connectivity index (χ1v) is 16.8. The molecule has 8 nitrogen and oxygen atoms in total. The Labute approximate surface area is 262 Å². The molecule has 0 saturated carbocycles. The molecule has 0 radical (unpaired) electrons. The zero-order valence-corrected chi connectivity index (χ0v) is 26.6. The maximum atomic E-state index is 11.3. The molecule has 0 spiro atoms. The zero-order valence-electron chi connectivity index (χ0n) is 20.4. The van der Waals surface area contributed by atoms with Crippen molar-refractivity contribution in [1.82, 2.24) is 0 Å². The van der Waals surface area contributed by atoms with E-state index in [0.29, 0.717) is 11.5 Å². The van der Waals surface area contributed by atoms with Crippen LogP contribution < -0.4 is 20.9 Å².